The van der Waals surface area contributed by atoms with Crippen LogP contribution in [-0.2, 0) is 0 Å². The number of hydrogen-bond acceptors (Lipinski definition) is 5. The number of nitro benzene ring substituents is 1. The van der Waals surface area contributed by atoms with Crippen molar-refractivity contribution >= 4 is 28.4 Å². The van der Waals surface area contributed by atoms with Crippen molar-refractivity contribution in [3.63, 3.8) is 0 Å². The second kappa shape index (κ2) is 2.59. The molecule has 0 unspecified atom stereocenters. The molecule has 0 bridgehead atoms. The van der Waals surface area contributed by atoms with Crippen molar-refractivity contribution < 1.29 is 4.92 Å². The molecule has 0 aliphatic carbocycles. The number of H-pyrrole nitrogens is 1. The summed E-state index contributed by atoms with van der Waals surface area (Å²) in [6.45, 7) is 0. The van der Waals surface area contributed by atoms with Gasteiger partial charge in [0.1, 0.15) is 5.69 Å². The first-order valence-electron chi connectivity index (χ1n) is 3.77. The largest absolute Gasteiger partial charge is 0.393 e. The smallest absolute Gasteiger partial charge is 0.294 e. The number of nitrogens with two attached hydrogens (primary N) is 2. The number of aromatic amines is 1. The number of aromatic nitrogens is 2. The number of hydrogen-bond donors (Lipinski definition) is 3. The molecule has 0 spiro atoms. The van der Waals surface area contributed by atoms with Gasteiger partial charge in [-0.25, -0.2) is 4.98 Å². The number of rotatable bonds is 1. The molecular weight excluding hydrogens is 186 g/mol. The molecule has 1 heterocycles. The molecule has 2 aromatic rings. The van der Waals surface area contributed by atoms with Crippen molar-refractivity contribution in [1.82, 2.24) is 9.97 Å². The van der Waals surface area contributed by atoms with Crippen LogP contribution in [0.2, 0.25) is 0 Å². The summed E-state index contributed by atoms with van der Waals surface area (Å²) in [7, 11) is 0. The Balaban J connectivity index is 2.76. The highest BCUT2D eigenvalue weighted by molar-refractivity contribution is 5.85. The fourth-order valence-electron chi connectivity index (χ4n) is 1.24. The number of fused-ring (bicyclic) bond motifs is 1. The van der Waals surface area contributed by atoms with E-state index in [2.05, 4.69) is 9.97 Å². The zero-order chi connectivity index (χ0) is 10.3. The molecule has 2 rings (SSSR count). The highest BCUT2D eigenvalue weighted by atomic mass is 16.6. The van der Waals surface area contributed by atoms with Crippen LogP contribution in [0.4, 0.5) is 17.3 Å². The third-order valence-corrected chi connectivity index (χ3v) is 1.85. The summed E-state index contributed by atoms with van der Waals surface area (Å²) in [6, 6.07) is 2.73. The Morgan fingerprint density at radius 3 is 2.79 bits per heavy atom. The Morgan fingerprint density at radius 1 is 1.43 bits per heavy atom. The molecule has 0 amide bonds. The second-order valence-electron chi connectivity index (χ2n) is 2.81. The van der Waals surface area contributed by atoms with Crippen molar-refractivity contribution in [1.29, 1.82) is 0 Å². The lowest BCUT2D eigenvalue weighted by molar-refractivity contribution is -0.383. The third kappa shape index (κ3) is 1.11. The third-order valence-electron chi connectivity index (χ3n) is 1.85. The van der Waals surface area contributed by atoms with E-state index in [0.29, 0.717) is 11.0 Å². The normalized spacial score (nSPS) is 10.6. The predicted octanol–water partition coefficient (Wildman–Crippen LogP) is 0.635. The van der Waals surface area contributed by atoms with Crippen LogP contribution in [0.3, 0.4) is 0 Å². The summed E-state index contributed by atoms with van der Waals surface area (Å²) >= 11 is 0. The Morgan fingerprint density at radius 2 is 2.14 bits per heavy atom. The quantitative estimate of drug-likeness (QED) is 0.348. The topological polar surface area (TPSA) is 124 Å². The zero-order valence-corrected chi connectivity index (χ0v) is 7.02. The van der Waals surface area contributed by atoms with Gasteiger partial charge in [-0.3, -0.25) is 10.1 Å². The molecule has 14 heavy (non-hydrogen) atoms. The first-order chi connectivity index (χ1) is 6.58. The SMILES string of the molecule is Nc1nc2cc(N)c([N+](=O)[O-])cc2[nH]1. The number of benzene rings is 1. The van der Waals surface area contributed by atoms with E-state index in [1.165, 1.54) is 12.1 Å². The second-order valence-corrected chi connectivity index (χ2v) is 2.81. The molecular formula is C7H7N5O2. The Kier molecular flexibility index (Phi) is 1.53. The Labute approximate surface area is 77.9 Å². The number of nitrogens with one attached hydrogen (secondary N) is 1. The van der Waals surface area contributed by atoms with Gasteiger partial charge in [0.15, 0.2) is 5.95 Å². The van der Waals surface area contributed by atoms with E-state index >= 15 is 0 Å². The number of nitrogens with zero attached hydrogens (tertiary/aromatic N) is 2. The van der Waals surface area contributed by atoms with Crippen LogP contribution in [0, 0.1) is 10.1 Å². The van der Waals surface area contributed by atoms with Crippen LogP contribution in [-0.4, -0.2) is 14.9 Å². The van der Waals surface area contributed by atoms with E-state index < -0.39 is 4.92 Å². The summed E-state index contributed by atoms with van der Waals surface area (Å²) in [4.78, 5) is 16.6. The molecule has 0 saturated carbocycles. The van der Waals surface area contributed by atoms with Crippen LogP contribution in [0.1, 0.15) is 0 Å². The van der Waals surface area contributed by atoms with Gasteiger partial charge in [0.05, 0.1) is 16.0 Å². The average Bonchev–Trinajstić information content (AvgIpc) is 2.42. The van der Waals surface area contributed by atoms with Crippen molar-refractivity contribution in [2.24, 2.45) is 0 Å². The molecule has 72 valence electrons. The highest BCUT2D eigenvalue weighted by Crippen LogP contribution is 2.26. The van der Waals surface area contributed by atoms with Gasteiger partial charge in [0, 0.05) is 6.07 Å². The number of anilines is 2. The molecule has 0 atom stereocenters. The van der Waals surface area contributed by atoms with Gasteiger partial charge in [0.2, 0.25) is 0 Å². The zero-order valence-electron chi connectivity index (χ0n) is 7.02. The van der Waals surface area contributed by atoms with E-state index in [1.807, 2.05) is 0 Å². The maximum absolute atomic E-state index is 10.5. The number of imidazole rings is 1. The molecule has 0 aliphatic heterocycles. The van der Waals surface area contributed by atoms with Gasteiger partial charge < -0.3 is 16.5 Å². The lowest BCUT2D eigenvalue weighted by Gasteiger charge is -1.95. The van der Waals surface area contributed by atoms with Gasteiger partial charge in [-0.1, -0.05) is 0 Å². The monoisotopic (exact) mass is 193 g/mol. The van der Waals surface area contributed by atoms with Crippen LogP contribution in [0.15, 0.2) is 12.1 Å². The molecule has 0 fully saturated rings. The molecule has 5 N–H and O–H groups in total. The summed E-state index contributed by atoms with van der Waals surface area (Å²) in [5, 5.41) is 10.5. The summed E-state index contributed by atoms with van der Waals surface area (Å²) in [5.41, 5.74) is 11.8. The van der Waals surface area contributed by atoms with E-state index in [0.717, 1.165) is 0 Å². The first kappa shape index (κ1) is 8.30. The van der Waals surface area contributed by atoms with E-state index in [4.69, 9.17) is 11.5 Å². The summed E-state index contributed by atoms with van der Waals surface area (Å²) in [5.74, 6) is 0.208. The van der Waals surface area contributed by atoms with Crippen LogP contribution < -0.4 is 11.5 Å². The minimum atomic E-state index is -0.550. The molecule has 1 aromatic heterocycles. The lowest BCUT2D eigenvalue weighted by atomic mass is 10.2. The van der Waals surface area contributed by atoms with Gasteiger partial charge in [-0.15, -0.1) is 0 Å². The fourth-order valence-corrected chi connectivity index (χ4v) is 1.24. The molecule has 7 heteroatoms. The standard InChI is InChI=1S/C7H7N5O2/c8-3-1-4-5(11-7(9)10-4)2-6(3)12(13)14/h1-2H,8H2,(H3,9,10,11). The highest BCUT2D eigenvalue weighted by Gasteiger charge is 2.14. The van der Waals surface area contributed by atoms with Crippen molar-refractivity contribution in [3.8, 4) is 0 Å². The minimum Gasteiger partial charge on any atom is -0.393 e. The minimum absolute atomic E-state index is 0.0778. The Hall–Kier alpha value is -2.31. The van der Waals surface area contributed by atoms with E-state index in [9.17, 15) is 10.1 Å². The van der Waals surface area contributed by atoms with Crippen molar-refractivity contribution in [3.05, 3.63) is 22.2 Å². The fraction of sp³-hybridized carbons (Fsp3) is 0. The maximum atomic E-state index is 10.5. The van der Waals surface area contributed by atoms with Crippen molar-refractivity contribution in [2.75, 3.05) is 11.5 Å². The molecule has 0 radical (unpaired) electrons. The molecule has 7 nitrogen and oxygen atoms in total. The van der Waals surface area contributed by atoms with Crippen molar-refractivity contribution in [2.45, 2.75) is 0 Å². The van der Waals surface area contributed by atoms with Crippen LogP contribution in [0.25, 0.3) is 11.0 Å². The Bertz CT molecular complexity index is 518. The molecule has 0 saturated heterocycles. The predicted molar refractivity (Wildman–Crippen MR) is 51.6 cm³/mol. The first-order valence-corrected chi connectivity index (χ1v) is 3.77. The van der Waals surface area contributed by atoms with Gasteiger partial charge >= 0.3 is 0 Å². The van der Waals surface area contributed by atoms with Crippen LogP contribution >= 0.6 is 0 Å². The summed E-state index contributed by atoms with van der Waals surface area (Å²) < 4.78 is 0. The average molecular weight is 193 g/mol. The van der Waals surface area contributed by atoms with E-state index in [1.54, 1.807) is 0 Å². The van der Waals surface area contributed by atoms with Crippen LogP contribution in [0.5, 0.6) is 0 Å². The number of nitro groups is 1. The van der Waals surface area contributed by atoms with Gasteiger partial charge in [-0.05, 0) is 6.07 Å². The van der Waals surface area contributed by atoms with Gasteiger partial charge in [0.25, 0.3) is 5.69 Å². The van der Waals surface area contributed by atoms with E-state index in [-0.39, 0.29) is 17.3 Å². The van der Waals surface area contributed by atoms with Gasteiger partial charge in [-0.2, -0.15) is 0 Å². The number of nitrogen functional groups attached to an aromatic ring is 2. The molecule has 0 aliphatic rings. The summed E-state index contributed by atoms with van der Waals surface area (Å²) in [6.07, 6.45) is 0. The lowest BCUT2D eigenvalue weighted by Crippen LogP contribution is -1.95. The molecule has 1 aromatic carbocycles. The maximum Gasteiger partial charge on any atom is 0.294 e.